The summed E-state index contributed by atoms with van der Waals surface area (Å²) in [6.45, 7) is 2.05. The highest BCUT2D eigenvalue weighted by atomic mass is 19.1. The second kappa shape index (κ2) is 8.89. The van der Waals surface area contributed by atoms with Crippen molar-refractivity contribution in [3.05, 3.63) is 41.9 Å². The molecule has 1 amide bonds. The van der Waals surface area contributed by atoms with E-state index in [-0.39, 0.29) is 23.7 Å². The van der Waals surface area contributed by atoms with Crippen molar-refractivity contribution in [2.45, 2.75) is 32.1 Å². The van der Waals surface area contributed by atoms with Crippen LogP contribution in [-0.2, 0) is 16.0 Å². The summed E-state index contributed by atoms with van der Waals surface area (Å²) in [5, 5.41) is 2.82. The minimum Gasteiger partial charge on any atom is -0.441 e. The number of hydrogen-bond donors (Lipinski definition) is 1. The highest BCUT2D eigenvalue weighted by Crippen LogP contribution is 2.28. The van der Waals surface area contributed by atoms with Gasteiger partial charge in [0.25, 0.3) is 0 Å². The van der Waals surface area contributed by atoms with Crippen molar-refractivity contribution in [2.24, 2.45) is 5.92 Å². The van der Waals surface area contributed by atoms with Gasteiger partial charge in [0.1, 0.15) is 11.6 Å². The highest BCUT2D eigenvalue weighted by molar-refractivity contribution is 5.76. The molecule has 3 rings (SSSR count). The van der Waals surface area contributed by atoms with Crippen LogP contribution in [0.15, 0.2) is 28.8 Å². The van der Waals surface area contributed by atoms with Crippen LogP contribution in [0.2, 0.25) is 0 Å². The first kappa shape index (κ1) is 18.5. The minimum atomic E-state index is -0.714. The molecule has 1 aromatic carbocycles. The van der Waals surface area contributed by atoms with Gasteiger partial charge in [-0.2, -0.15) is 0 Å². The molecule has 0 saturated heterocycles. The molecule has 1 N–H and O–H groups in total. The van der Waals surface area contributed by atoms with Crippen LogP contribution in [0.25, 0.3) is 11.3 Å². The lowest BCUT2D eigenvalue weighted by molar-refractivity contribution is -0.121. The van der Waals surface area contributed by atoms with Crippen molar-refractivity contribution in [2.75, 3.05) is 19.8 Å². The van der Waals surface area contributed by atoms with E-state index in [0.29, 0.717) is 25.5 Å². The van der Waals surface area contributed by atoms with Crippen LogP contribution in [0.5, 0.6) is 0 Å². The number of hydrogen-bond acceptors (Lipinski definition) is 4. The summed E-state index contributed by atoms with van der Waals surface area (Å²) in [5.74, 6) is -0.161. The van der Waals surface area contributed by atoms with Crippen LogP contribution in [0.4, 0.5) is 8.78 Å². The van der Waals surface area contributed by atoms with Gasteiger partial charge in [-0.3, -0.25) is 4.79 Å². The van der Waals surface area contributed by atoms with Crippen LogP contribution in [0, 0.1) is 17.6 Å². The van der Waals surface area contributed by atoms with Crippen LogP contribution < -0.4 is 5.32 Å². The predicted octanol–water partition coefficient (Wildman–Crippen LogP) is 3.49. The molecule has 1 aliphatic carbocycles. The quantitative estimate of drug-likeness (QED) is 0.656. The number of halogens is 2. The molecule has 0 unspecified atom stereocenters. The number of nitrogens with zero attached hydrogens (tertiary/aromatic N) is 1. The Morgan fingerprint density at radius 3 is 2.96 bits per heavy atom. The Hall–Kier alpha value is -2.28. The molecule has 0 radical (unpaired) electrons. The van der Waals surface area contributed by atoms with Crippen molar-refractivity contribution in [1.29, 1.82) is 0 Å². The molecule has 5 nitrogen and oxygen atoms in total. The topological polar surface area (TPSA) is 64.4 Å². The van der Waals surface area contributed by atoms with Crippen LogP contribution in [-0.4, -0.2) is 30.6 Å². The summed E-state index contributed by atoms with van der Waals surface area (Å²) >= 11 is 0. The number of benzene rings is 1. The first-order chi connectivity index (χ1) is 12.6. The predicted molar refractivity (Wildman–Crippen MR) is 91.3 cm³/mol. The summed E-state index contributed by atoms with van der Waals surface area (Å²) in [6, 6.07) is 3.24. The Morgan fingerprint density at radius 2 is 2.19 bits per heavy atom. The van der Waals surface area contributed by atoms with E-state index in [1.165, 1.54) is 25.1 Å². The van der Waals surface area contributed by atoms with Crippen LogP contribution >= 0.6 is 0 Å². The molecule has 0 atom stereocenters. The lowest BCUT2D eigenvalue weighted by Gasteiger charge is -2.05. The maximum absolute atomic E-state index is 13.7. The Labute approximate surface area is 150 Å². The number of aromatic nitrogens is 1. The van der Waals surface area contributed by atoms with Gasteiger partial charge in [0.15, 0.2) is 11.7 Å². The van der Waals surface area contributed by atoms with E-state index in [1.807, 2.05) is 0 Å². The van der Waals surface area contributed by atoms with Crippen LogP contribution in [0.3, 0.4) is 0 Å². The first-order valence-electron chi connectivity index (χ1n) is 8.86. The Kier molecular flexibility index (Phi) is 6.33. The van der Waals surface area contributed by atoms with Crippen molar-refractivity contribution in [3.63, 3.8) is 0 Å². The first-order valence-corrected chi connectivity index (χ1v) is 8.86. The normalized spacial score (nSPS) is 13.8. The van der Waals surface area contributed by atoms with E-state index in [9.17, 15) is 13.6 Å². The lowest BCUT2D eigenvalue weighted by Crippen LogP contribution is -2.25. The summed E-state index contributed by atoms with van der Waals surface area (Å²) in [7, 11) is 0. The molecule has 26 heavy (non-hydrogen) atoms. The van der Waals surface area contributed by atoms with Gasteiger partial charge in [0, 0.05) is 38.7 Å². The maximum Gasteiger partial charge on any atom is 0.220 e. The monoisotopic (exact) mass is 364 g/mol. The lowest BCUT2D eigenvalue weighted by atomic mass is 10.2. The zero-order valence-electron chi connectivity index (χ0n) is 14.5. The highest BCUT2D eigenvalue weighted by Gasteiger charge is 2.20. The number of oxazole rings is 1. The zero-order valence-corrected chi connectivity index (χ0v) is 14.5. The molecule has 0 spiro atoms. The molecule has 140 valence electrons. The number of carbonyl (C=O) groups excluding carboxylic acids is 1. The number of ether oxygens (including phenoxy) is 1. The smallest absolute Gasteiger partial charge is 0.220 e. The fourth-order valence-electron chi connectivity index (χ4n) is 2.49. The fourth-order valence-corrected chi connectivity index (χ4v) is 2.49. The molecular formula is C19H22F2N2O3. The van der Waals surface area contributed by atoms with Crippen molar-refractivity contribution in [1.82, 2.24) is 10.3 Å². The molecule has 1 aliphatic rings. The van der Waals surface area contributed by atoms with Gasteiger partial charge in [0.2, 0.25) is 5.91 Å². The van der Waals surface area contributed by atoms with Gasteiger partial charge in [-0.05, 0) is 37.3 Å². The summed E-state index contributed by atoms with van der Waals surface area (Å²) in [6.07, 6.45) is 5.24. The third kappa shape index (κ3) is 5.62. The van der Waals surface area contributed by atoms with Crippen molar-refractivity contribution in [3.8, 4) is 11.3 Å². The third-order valence-electron chi connectivity index (χ3n) is 4.15. The molecule has 0 bridgehead atoms. The van der Waals surface area contributed by atoms with E-state index in [2.05, 4.69) is 10.3 Å². The zero-order chi connectivity index (χ0) is 18.4. The minimum absolute atomic E-state index is 0.0973. The van der Waals surface area contributed by atoms with E-state index in [4.69, 9.17) is 9.15 Å². The van der Waals surface area contributed by atoms with E-state index in [1.54, 1.807) is 0 Å². The third-order valence-corrected chi connectivity index (χ3v) is 4.15. The molecular weight excluding hydrogens is 342 g/mol. The van der Waals surface area contributed by atoms with Gasteiger partial charge in [0.05, 0.1) is 11.8 Å². The number of carbonyl (C=O) groups is 1. The number of nitrogens with one attached hydrogen (secondary N) is 1. The molecule has 1 heterocycles. The van der Waals surface area contributed by atoms with Crippen molar-refractivity contribution >= 4 is 5.91 Å². The standard InChI is InChI=1S/C19H22F2N2O3/c20-14-4-5-15(16(21)10-14)17-11-23-19(26-17)7-6-18(24)22-8-1-9-25-12-13-2-3-13/h4-5,10-11,13H,1-3,6-9,12H2,(H,22,24). The van der Waals surface area contributed by atoms with Gasteiger partial charge >= 0.3 is 0 Å². The van der Waals surface area contributed by atoms with Crippen LogP contribution in [0.1, 0.15) is 31.6 Å². The molecule has 1 fully saturated rings. The average Bonchev–Trinajstić information content (AvgIpc) is 3.32. The largest absolute Gasteiger partial charge is 0.441 e. The molecule has 0 aliphatic heterocycles. The van der Waals surface area contributed by atoms with E-state index < -0.39 is 11.6 Å². The number of aryl methyl sites for hydroxylation is 1. The SMILES string of the molecule is O=C(CCc1ncc(-c2ccc(F)cc2F)o1)NCCCOCC1CC1. The molecule has 1 aromatic heterocycles. The number of amides is 1. The van der Waals surface area contributed by atoms with Crippen molar-refractivity contribution < 1.29 is 22.7 Å². The second-order valence-electron chi connectivity index (χ2n) is 6.46. The number of rotatable bonds is 10. The van der Waals surface area contributed by atoms with Gasteiger partial charge < -0.3 is 14.5 Å². The maximum atomic E-state index is 13.7. The molecule has 1 saturated carbocycles. The van der Waals surface area contributed by atoms with Gasteiger partial charge in [-0.25, -0.2) is 13.8 Å². The second-order valence-corrected chi connectivity index (χ2v) is 6.46. The Balaban J connectivity index is 1.36. The van der Waals surface area contributed by atoms with E-state index in [0.717, 1.165) is 31.1 Å². The Bertz CT molecular complexity index is 744. The summed E-state index contributed by atoms with van der Waals surface area (Å²) < 4.78 is 37.6. The summed E-state index contributed by atoms with van der Waals surface area (Å²) in [4.78, 5) is 15.9. The molecule has 2 aromatic rings. The Morgan fingerprint density at radius 1 is 1.35 bits per heavy atom. The fraction of sp³-hybridized carbons (Fsp3) is 0.474. The summed E-state index contributed by atoms with van der Waals surface area (Å²) in [5.41, 5.74) is 0.140. The van der Waals surface area contributed by atoms with Gasteiger partial charge in [-0.15, -0.1) is 0 Å². The van der Waals surface area contributed by atoms with E-state index >= 15 is 0 Å². The average molecular weight is 364 g/mol. The van der Waals surface area contributed by atoms with Gasteiger partial charge in [-0.1, -0.05) is 0 Å². The molecule has 7 heteroatoms.